The van der Waals surface area contributed by atoms with Crippen LogP contribution in [0, 0.1) is 13.8 Å². The molecule has 3 nitrogen and oxygen atoms in total. The molecular formula is C13H20O3. The highest BCUT2D eigenvalue weighted by Crippen LogP contribution is 2.13. The van der Waals surface area contributed by atoms with E-state index in [1.807, 2.05) is 13.8 Å². The average Bonchev–Trinajstić information content (AvgIpc) is 2.17. The largest absolute Gasteiger partial charge is 0.387 e. The molecule has 0 aliphatic carbocycles. The summed E-state index contributed by atoms with van der Waals surface area (Å²) in [5.41, 5.74) is 3.51. The molecule has 90 valence electrons. The van der Waals surface area contributed by atoms with E-state index in [4.69, 9.17) is 9.47 Å². The molecule has 0 saturated carbocycles. The van der Waals surface area contributed by atoms with Crippen molar-refractivity contribution >= 4 is 0 Å². The van der Waals surface area contributed by atoms with Crippen LogP contribution in [-0.2, 0) is 15.9 Å². The Hall–Kier alpha value is -0.900. The van der Waals surface area contributed by atoms with Crippen molar-refractivity contribution in [3.05, 3.63) is 34.9 Å². The maximum absolute atomic E-state index is 9.89. The maximum Gasteiger partial charge on any atom is 0.183 e. The molecule has 0 heterocycles. The van der Waals surface area contributed by atoms with Gasteiger partial charge in [0.2, 0.25) is 0 Å². The van der Waals surface area contributed by atoms with Crippen LogP contribution in [0.1, 0.15) is 16.7 Å². The van der Waals surface area contributed by atoms with Crippen LogP contribution in [0.2, 0.25) is 0 Å². The molecule has 1 aromatic rings. The number of hydrogen-bond acceptors (Lipinski definition) is 3. The molecule has 1 rings (SSSR count). The summed E-state index contributed by atoms with van der Waals surface area (Å²) >= 11 is 0. The fourth-order valence-electron chi connectivity index (χ4n) is 1.93. The molecule has 0 bridgehead atoms. The number of aliphatic hydroxyl groups is 1. The van der Waals surface area contributed by atoms with Crippen LogP contribution < -0.4 is 0 Å². The van der Waals surface area contributed by atoms with Crippen LogP contribution in [0.3, 0.4) is 0 Å². The Kier molecular flexibility index (Phi) is 4.93. The van der Waals surface area contributed by atoms with E-state index in [1.54, 1.807) is 0 Å². The Balaban J connectivity index is 2.72. The van der Waals surface area contributed by atoms with Crippen molar-refractivity contribution < 1.29 is 14.6 Å². The molecule has 0 aliphatic heterocycles. The molecule has 1 N–H and O–H groups in total. The number of aryl methyl sites for hydroxylation is 2. The lowest BCUT2D eigenvalue weighted by atomic mass is 10.0. The first kappa shape index (κ1) is 13.2. The summed E-state index contributed by atoms with van der Waals surface area (Å²) in [5.74, 6) is 0. The van der Waals surface area contributed by atoms with Crippen molar-refractivity contribution in [2.45, 2.75) is 32.7 Å². The molecule has 0 radical (unpaired) electrons. The van der Waals surface area contributed by atoms with Gasteiger partial charge in [0, 0.05) is 20.6 Å². The second kappa shape index (κ2) is 5.99. The van der Waals surface area contributed by atoms with Gasteiger partial charge in [-0.3, -0.25) is 0 Å². The summed E-state index contributed by atoms with van der Waals surface area (Å²) in [6, 6.07) is 6.25. The van der Waals surface area contributed by atoms with Gasteiger partial charge in [0.05, 0.1) is 0 Å². The van der Waals surface area contributed by atoms with E-state index in [0.717, 1.165) is 5.56 Å². The van der Waals surface area contributed by atoms with Crippen LogP contribution in [-0.4, -0.2) is 31.7 Å². The third kappa shape index (κ3) is 3.59. The topological polar surface area (TPSA) is 38.7 Å². The third-order valence-corrected chi connectivity index (χ3v) is 2.51. The van der Waals surface area contributed by atoms with Gasteiger partial charge in [-0.25, -0.2) is 0 Å². The Morgan fingerprint density at radius 2 is 1.56 bits per heavy atom. The van der Waals surface area contributed by atoms with Gasteiger partial charge in [-0.2, -0.15) is 0 Å². The SMILES string of the molecule is COC(OC)C(O)Cc1cc(C)cc(C)c1. The number of aliphatic hydroxyl groups excluding tert-OH is 1. The molecular weight excluding hydrogens is 204 g/mol. The van der Waals surface area contributed by atoms with Gasteiger partial charge < -0.3 is 14.6 Å². The van der Waals surface area contributed by atoms with E-state index in [0.29, 0.717) is 6.42 Å². The standard InChI is InChI=1S/C13H20O3/c1-9-5-10(2)7-11(6-9)8-12(14)13(15-3)16-4/h5-7,12-14H,8H2,1-4H3. The number of methoxy groups -OCH3 is 2. The molecule has 1 atom stereocenters. The molecule has 0 aliphatic rings. The van der Waals surface area contributed by atoms with Gasteiger partial charge in [-0.05, 0) is 19.4 Å². The highest BCUT2D eigenvalue weighted by molar-refractivity contribution is 5.28. The second-order valence-corrected chi connectivity index (χ2v) is 4.11. The molecule has 0 saturated heterocycles. The molecule has 16 heavy (non-hydrogen) atoms. The fraction of sp³-hybridized carbons (Fsp3) is 0.538. The number of hydrogen-bond donors (Lipinski definition) is 1. The van der Waals surface area contributed by atoms with Gasteiger partial charge in [0.1, 0.15) is 6.10 Å². The van der Waals surface area contributed by atoms with E-state index in [9.17, 15) is 5.11 Å². The number of ether oxygens (including phenoxy) is 2. The first-order valence-corrected chi connectivity index (χ1v) is 5.37. The Morgan fingerprint density at radius 3 is 2.00 bits per heavy atom. The minimum Gasteiger partial charge on any atom is -0.387 e. The quantitative estimate of drug-likeness (QED) is 0.775. The summed E-state index contributed by atoms with van der Waals surface area (Å²) in [7, 11) is 3.05. The first-order chi connectivity index (χ1) is 7.56. The lowest BCUT2D eigenvalue weighted by Gasteiger charge is -2.20. The zero-order valence-electron chi connectivity index (χ0n) is 10.4. The number of benzene rings is 1. The maximum atomic E-state index is 9.89. The average molecular weight is 224 g/mol. The lowest BCUT2D eigenvalue weighted by Crippen LogP contribution is -2.31. The van der Waals surface area contributed by atoms with Gasteiger partial charge in [0.15, 0.2) is 6.29 Å². The zero-order chi connectivity index (χ0) is 12.1. The second-order valence-electron chi connectivity index (χ2n) is 4.11. The van der Waals surface area contributed by atoms with Crippen molar-refractivity contribution in [2.24, 2.45) is 0 Å². The fourth-order valence-corrected chi connectivity index (χ4v) is 1.93. The van der Waals surface area contributed by atoms with E-state index < -0.39 is 12.4 Å². The Bertz CT molecular complexity index is 312. The third-order valence-electron chi connectivity index (χ3n) is 2.51. The van der Waals surface area contributed by atoms with E-state index in [-0.39, 0.29) is 0 Å². The summed E-state index contributed by atoms with van der Waals surface area (Å²) in [6.45, 7) is 4.10. The van der Waals surface area contributed by atoms with Crippen molar-refractivity contribution in [3.63, 3.8) is 0 Å². The van der Waals surface area contributed by atoms with Crippen LogP contribution in [0.25, 0.3) is 0 Å². The molecule has 1 aromatic carbocycles. The Labute approximate surface area is 97.0 Å². The van der Waals surface area contributed by atoms with Gasteiger partial charge >= 0.3 is 0 Å². The van der Waals surface area contributed by atoms with E-state index in [2.05, 4.69) is 18.2 Å². The van der Waals surface area contributed by atoms with Crippen LogP contribution in [0.5, 0.6) is 0 Å². The van der Waals surface area contributed by atoms with Crippen molar-refractivity contribution in [3.8, 4) is 0 Å². The zero-order valence-corrected chi connectivity index (χ0v) is 10.4. The monoisotopic (exact) mass is 224 g/mol. The first-order valence-electron chi connectivity index (χ1n) is 5.37. The van der Waals surface area contributed by atoms with Crippen LogP contribution in [0.15, 0.2) is 18.2 Å². The minimum atomic E-state index is -0.642. The summed E-state index contributed by atoms with van der Waals surface area (Å²) in [4.78, 5) is 0. The highest BCUT2D eigenvalue weighted by Gasteiger charge is 2.18. The summed E-state index contributed by atoms with van der Waals surface area (Å²) < 4.78 is 10.0. The lowest BCUT2D eigenvalue weighted by molar-refractivity contribution is -0.163. The molecule has 0 amide bonds. The predicted molar refractivity (Wildman–Crippen MR) is 63.4 cm³/mol. The van der Waals surface area contributed by atoms with Gasteiger partial charge in [-0.1, -0.05) is 29.3 Å². The van der Waals surface area contributed by atoms with Crippen molar-refractivity contribution in [2.75, 3.05) is 14.2 Å². The molecule has 3 heteroatoms. The van der Waals surface area contributed by atoms with Gasteiger partial charge in [0.25, 0.3) is 0 Å². The van der Waals surface area contributed by atoms with Crippen LogP contribution in [0.4, 0.5) is 0 Å². The number of rotatable bonds is 5. The minimum absolute atomic E-state index is 0.537. The Morgan fingerprint density at radius 1 is 1.06 bits per heavy atom. The normalized spacial score (nSPS) is 13.1. The summed E-state index contributed by atoms with van der Waals surface area (Å²) in [6.07, 6.45) is -0.675. The predicted octanol–water partition coefficient (Wildman–Crippen LogP) is 1.83. The van der Waals surface area contributed by atoms with Crippen LogP contribution >= 0.6 is 0 Å². The van der Waals surface area contributed by atoms with Crippen molar-refractivity contribution in [1.29, 1.82) is 0 Å². The van der Waals surface area contributed by atoms with E-state index in [1.165, 1.54) is 25.3 Å². The van der Waals surface area contributed by atoms with Crippen molar-refractivity contribution in [1.82, 2.24) is 0 Å². The molecule has 0 spiro atoms. The van der Waals surface area contributed by atoms with E-state index >= 15 is 0 Å². The molecule has 0 fully saturated rings. The van der Waals surface area contributed by atoms with Gasteiger partial charge in [-0.15, -0.1) is 0 Å². The molecule has 1 unspecified atom stereocenters. The summed E-state index contributed by atoms with van der Waals surface area (Å²) in [5, 5.41) is 9.89. The smallest absolute Gasteiger partial charge is 0.183 e. The highest BCUT2D eigenvalue weighted by atomic mass is 16.7. The molecule has 0 aromatic heterocycles.